The van der Waals surface area contributed by atoms with Crippen LogP contribution in [0.25, 0.3) is 0 Å². The zero-order chi connectivity index (χ0) is 21.0. The highest BCUT2D eigenvalue weighted by molar-refractivity contribution is 7.89. The predicted molar refractivity (Wildman–Crippen MR) is 116 cm³/mol. The molecule has 0 aromatic heterocycles. The summed E-state index contributed by atoms with van der Waals surface area (Å²) >= 11 is 0. The Hall–Kier alpha value is -2.98. The van der Waals surface area contributed by atoms with Crippen molar-refractivity contribution in [2.75, 3.05) is 26.2 Å². The maximum atomic E-state index is 13.1. The Morgan fingerprint density at radius 3 is 1.77 bits per heavy atom. The molecule has 0 saturated carbocycles. The fourth-order valence-electron chi connectivity index (χ4n) is 4.01. The lowest BCUT2D eigenvalue weighted by atomic mass is 9.96. The maximum absolute atomic E-state index is 13.1. The Kier molecular flexibility index (Phi) is 5.96. The summed E-state index contributed by atoms with van der Waals surface area (Å²) in [7, 11) is -3.70. The van der Waals surface area contributed by atoms with Crippen LogP contribution in [-0.2, 0) is 10.0 Å². The van der Waals surface area contributed by atoms with Crippen molar-refractivity contribution < 1.29 is 8.42 Å². The molecule has 1 fully saturated rings. The Balaban J connectivity index is 1.58. The Labute approximate surface area is 177 Å². The first kappa shape index (κ1) is 20.3. The van der Waals surface area contributed by atoms with Crippen molar-refractivity contribution in [1.82, 2.24) is 9.21 Å². The second kappa shape index (κ2) is 8.80. The van der Waals surface area contributed by atoms with E-state index >= 15 is 0 Å². The third kappa shape index (κ3) is 4.01. The van der Waals surface area contributed by atoms with Gasteiger partial charge in [0.25, 0.3) is 0 Å². The predicted octanol–water partition coefficient (Wildman–Crippen LogP) is 3.65. The van der Waals surface area contributed by atoms with Gasteiger partial charge >= 0.3 is 0 Å². The molecule has 0 unspecified atom stereocenters. The van der Waals surface area contributed by atoms with Crippen LogP contribution in [0, 0.1) is 11.3 Å². The topological polar surface area (TPSA) is 64.4 Å². The fraction of sp³-hybridized carbons (Fsp3) is 0.208. The lowest BCUT2D eigenvalue weighted by molar-refractivity contribution is 0.156. The van der Waals surface area contributed by atoms with Crippen LogP contribution in [0.15, 0.2) is 89.8 Å². The average molecular weight is 418 g/mol. The zero-order valence-corrected chi connectivity index (χ0v) is 17.4. The molecule has 30 heavy (non-hydrogen) atoms. The molecule has 1 heterocycles. The highest BCUT2D eigenvalue weighted by Crippen LogP contribution is 2.30. The molecule has 3 aromatic rings. The van der Waals surface area contributed by atoms with E-state index in [4.69, 9.17) is 0 Å². The van der Waals surface area contributed by atoms with Crippen molar-refractivity contribution in [3.63, 3.8) is 0 Å². The van der Waals surface area contributed by atoms with Gasteiger partial charge in [0, 0.05) is 26.2 Å². The van der Waals surface area contributed by atoms with Crippen LogP contribution in [0.3, 0.4) is 0 Å². The summed E-state index contributed by atoms with van der Waals surface area (Å²) in [5.74, 6) is 0. The Bertz CT molecular complexity index is 1090. The largest absolute Gasteiger partial charge is 0.290 e. The minimum atomic E-state index is -3.70. The number of hydrogen-bond donors (Lipinski definition) is 0. The molecule has 1 aliphatic heterocycles. The smallest absolute Gasteiger partial charge is 0.244 e. The van der Waals surface area contributed by atoms with E-state index in [1.807, 2.05) is 42.5 Å². The molecular weight excluding hydrogens is 394 g/mol. The van der Waals surface area contributed by atoms with E-state index in [9.17, 15) is 13.7 Å². The van der Waals surface area contributed by atoms with Crippen LogP contribution in [-0.4, -0.2) is 43.8 Å². The van der Waals surface area contributed by atoms with E-state index in [-0.39, 0.29) is 16.5 Å². The molecule has 6 heteroatoms. The fourth-order valence-corrected chi connectivity index (χ4v) is 5.57. The summed E-state index contributed by atoms with van der Waals surface area (Å²) in [6.07, 6.45) is 0. The number of sulfonamides is 1. The molecule has 0 atom stereocenters. The summed E-state index contributed by atoms with van der Waals surface area (Å²) in [4.78, 5) is 2.41. The van der Waals surface area contributed by atoms with Crippen LogP contribution in [0.4, 0.5) is 0 Å². The van der Waals surface area contributed by atoms with Crippen molar-refractivity contribution in [3.05, 3.63) is 102 Å². The van der Waals surface area contributed by atoms with Crippen molar-refractivity contribution in [2.45, 2.75) is 10.9 Å². The van der Waals surface area contributed by atoms with Crippen LogP contribution in [0.5, 0.6) is 0 Å². The number of piperazine rings is 1. The quantitative estimate of drug-likeness (QED) is 0.636. The molecule has 3 aromatic carbocycles. The Morgan fingerprint density at radius 1 is 0.733 bits per heavy atom. The highest BCUT2D eigenvalue weighted by Gasteiger charge is 2.33. The lowest BCUT2D eigenvalue weighted by Gasteiger charge is -2.39. The molecule has 1 saturated heterocycles. The molecular formula is C24H23N3O2S. The number of nitrogens with zero attached hydrogens (tertiary/aromatic N) is 3. The first-order chi connectivity index (χ1) is 14.6. The molecule has 1 aliphatic rings. The lowest BCUT2D eigenvalue weighted by Crippen LogP contribution is -2.49. The summed E-state index contributed by atoms with van der Waals surface area (Å²) in [5, 5.41) is 9.31. The van der Waals surface area contributed by atoms with Crippen molar-refractivity contribution in [3.8, 4) is 6.07 Å². The molecule has 0 bridgehead atoms. The van der Waals surface area contributed by atoms with E-state index in [2.05, 4.69) is 29.2 Å². The van der Waals surface area contributed by atoms with Crippen LogP contribution in [0.1, 0.15) is 22.7 Å². The van der Waals surface area contributed by atoms with Gasteiger partial charge in [-0.25, -0.2) is 8.42 Å². The Morgan fingerprint density at radius 2 is 1.23 bits per heavy atom. The monoisotopic (exact) mass is 417 g/mol. The van der Waals surface area contributed by atoms with Gasteiger partial charge in [-0.3, -0.25) is 4.90 Å². The van der Waals surface area contributed by atoms with Crippen LogP contribution >= 0.6 is 0 Å². The maximum Gasteiger partial charge on any atom is 0.244 e. The summed E-state index contributed by atoms with van der Waals surface area (Å²) in [6.45, 7) is 2.00. The van der Waals surface area contributed by atoms with Gasteiger partial charge < -0.3 is 0 Å². The van der Waals surface area contributed by atoms with Crippen molar-refractivity contribution >= 4 is 10.0 Å². The van der Waals surface area contributed by atoms with Crippen LogP contribution in [0.2, 0.25) is 0 Å². The number of hydrogen-bond acceptors (Lipinski definition) is 4. The van der Waals surface area contributed by atoms with E-state index in [1.165, 1.54) is 21.5 Å². The zero-order valence-electron chi connectivity index (χ0n) is 16.6. The van der Waals surface area contributed by atoms with Crippen LogP contribution < -0.4 is 0 Å². The second-order valence-electron chi connectivity index (χ2n) is 7.27. The van der Waals surface area contributed by atoms with E-state index in [0.717, 1.165) is 0 Å². The summed E-state index contributed by atoms with van der Waals surface area (Å²) in [6, 6.07) is 29.1. The molecule has 0 spiro atoms. The van der Waals surface area contributed by atoms with Gasteiger partial charge in [0.2, 0.25) is 10.0 Å². The summed E-state index contributed by atoms with van der Waals surface area (Å²) < 4.78 is 27.8. The molecule has 4 rings (SSSR count). The number of nitriles is 1. The normalized spacial score (nSPS) is 15.7. The van der Waals surface area contributed by atoms with Gasteiger partial charge in [0.05, 0.1) is 16.5 Å². The standard InChI is InChI=1S/C24H23N3O2S/c25-19-22-13-7-8-14-23(22)30(28,29)27-17-15-26(16-18-27)24(20-9-3-1-4-10-20)21-11-5-2-6-12-21/h1-14,24H,15-18H2. The molecule has 0 amide bonds. The van der Waals surface area contributed by atoms with Crippen molar-refractivity contribution in [1.29, 1.82) is 5.26 Å². The third-order valence-electron chi connectivity index (χ3n) is 5.49. The number of rotatable bonds is 5. The van der Waals surface area contributed by atoms with E-state index < -0.39 is 10.0 Å². The molecule has 152 valence electrons. The highest BCUT2D eigenvalue weighted by atomic mass is 32.2. The molecule has 0 aliphatic carbocycles. The minimum absolute atomic E-state index is 0.0728. The third-order valence-corrected chi connectivity index (χ3v) is 7.45. The van der Waals surface area contributed by atoms with Gasteiger partial charge in [-0.15, -0.1) is 0 Å². The molecule has 0 radical (unpaired) electrons. The second-order valence-corrected chi connectivity index (χ2v) is 9.18. The first-order valence-corrected chi connectivity index (χ1v) is 11.4. The van der Waals surface area contributed by atoms with Gasteiger partial charge in [-0.1, -0.05) is 72.8 Å². The van der Waals surface area contributed by atoms with E-state index in [1.54, 1.807) is 18.2 Å². The first-order valence-electron chi connectivity index (χ1n) is 9.94. The van der Waals surface area contributed by atoms with Gasteiger partial charge in [0.1, 0.15) is 6.07 Å². The van der Waals surface area contributed by atoms with E-state index in [0.29, 0.717) is 26.2 Å². The van der Waals surface area contributed by atoms with Gasteiger partial charge in [0.15, 0.2) is 0 Å². The molecule has 5 nitrogen and oxygen atoms in total. The number of benzene rings is 3. The van der Waals surface area contributed by atoms with Crippen molar-refractivity contribution in [2.24, 2.45) is 0 Å². The average Bonchev–Trinajstić information content (AvgIpc) is 2.81. The minimum Gasteiger partial charge on any atom is -0.290 e. The SMILES string of the molecule is N#Cc1ccccc1S(=O)(=O)N1CCN(C(c2ccccc2)c2ccccc2)CC1. The molecule has 0 N–H and O–H groups in total. The van der Waals surface area contributed by atoms with Gasteiger partial charge in [-0.2, -0.15) is 9.57 Å². The van der Waals surface area contributed by atoms with Gasteiger partial charge in [-0.05, 0) is 23.3 Å². The summed E-state index contributed by atoms with van der Waals surface area (Å²) in [5.41, 5.74) is 2.57.